The van der Waals surface area contributed by atoms with Gasteiger partial charge in [0.1, 0.15) is 11.9 Å². The lowest BCUT2D eigenvalue weighted by Gasteiger charge is -2.20. The molecule has 2 N–H and O–H groups in total. The highest BCUT2D eigenvalue weighted by Crippen LogP contribution is 2.18. The molecule has 0 fully saturated rings. The van der Waals surface area contributed by atoms with Gasteiger partial charge in [-0.1, -0.05) is 42.5 Å². The predicted molar refractivity (Wildman–Crippen MR) is 130 cm³/mol. The molecule has 3 rings (SSSR count). The number of amides is 1. The van der Waals surface area contributed by atoms with E-state index in [9.17, 15) is 17.6 Å². The number of hydrogen-bond acceptors (Lipinski definition) is 4. The monoisotopic (exact) mass is 484 g/mol. The van der Waals surface area contributed by atoms with Crippen LogP contribution >= 0.6 is 0 Å². The number of carbonyl (C=O) groups excluding carboxylic acids is 1. The molecule has 0 spiro atoms. The molecule has 1 unspecified atom stereocenters. The third kappa shape index (κ3) is 7.76. The number of rotatable bonds is 9. The molecule has 0 aliphatic rings. The fraction of sp³-hybridized carbons (Fsp3) is 0.269. The Morgan fingerprint density at radius 1 is 0.912 bits per heavy atom. The van der Waals surface area contributed by atoms with Gasteiger partial charge in [-0.05, 0) is 68.3 Å². The van der Waals surface area contributed by atoms with Gasteiger partial charge in [-0.15, -0.1) is 0 Å². The lowest BCUT2D eigenvalue weighted by molar-refractivity contribution is -0.128. The lowest BCUT2D eigenvalue weighted by Crippen LogP contribution is -2.40. The summed E-state index contributed by atoms with van der Waals surface area (Å²) in [5.74, 6) is -0.708. The molecule has 0 saturated carbocycles. The molecule has 1 amide bonds. The quantitative estimate of drug-likeness (QED) is 0.462. The van der Waals surface area contributed by atoms with E-state index in [0.717, 1.165) is 11.1 Å². The first-order valence-electron chi connectivity index (χ1n) is 10.9. The van der Waals surface area contributed by atoms with Crippen molar-refractivity contribution in [2.24, 2.45) is 0 Å². The maximum atomic E-state index is 13.2. The minimum atomic E-state index is -3.68. The third-order valence-electron chi connectivity index (χ3n) is 4.79. The van der Waals surface area contributed by atoms with E-state index in [4.69, 9.17) is 4.74 Å². The lowest BCUT2D eigenvalue weighted by atomic mass is 10.1. The van der Waals surface area contributed by atoms with E-state index in [-0.39, 0.29) is 23.2 Å². The number of carbonyl (C=O) groups is 1. The molecule has 3 aromatic carbocycles. The molecule has 8 heteroatoms. The van der Waals surface area contributed by atoms with Crippen LogP contribution in [0.2, 0.25) is 0 Å². The summed E-state index contributed by atoms with van der Waals surface area (Å²) < 4.78 is 46.7. The van der Waals surface area contributed by atoms with E-state index < -0.39 is 21.7 Å². The summed E-state index contributed by atoms with van der Waals surface area (Å²) in [5, 5.41) is 2.80. The first-order chi connectivity index (χ1) is 16.0. The molecule has 34 heavy (non-hydrogen) atoms. The van der Waals surface area contributed by atoms with E-state index in [1.54, 1.807) is 32.9 Å². The van der Waals surface area contributed by atoms with Crippen LogP contribution in [0.1, 0.15) is 31.9 Å². The molecule has 1 atom stereocenters. The highest BCUT2D eigenvalue weighted by Gasteiger charge is 2.23. The van der Waals surface area contributed by atoms with Crippen molar-refractivity contribution in [1.29, 1.82) is 0 Å². The second kappa shape index (κ2) is 10.9. The van der Waals surface area contributed by atoms with Gasteiger partial charge >= 0.3 is 0 Å². The van der Waals surface area contributed by atoms with Crippen LogP contribution in [0, 0.1) is 5.82 Å². The summed E-state index contributed by atoms with van der Waals surface area (Å²) in [7, 11) is -3.68. The molecular formula is C26H29FN2O4S. The Morgan fingerprint density at radius 2 is 1.53 bits per heavy atom. The number of halogens is 1. The van der Waals surface area contributed by atoms with Crippen LogP contribution in [0.15, 0.2) is 83.8 Å². The highest BCUT2D eigenvalue weighted by molar-refractivity contribution is 7.89. The molecule has 0 heterocycles. The van der Waals surface area contributed by atoms with Gasteiger partial charge in [0.2, 0.25) is 10.0 Å². The molecule has 0 bridgehead atoms. The standard InChI is InChI=1S/C26H29FN2O4S/c1-26(2,3)29-34(31,32)23-15-13-22(14-16-23)28-25(30)24(17-19-7-5-4-6-8-19)33-18-20-9-11-21(27)12-10-20/h4-16,24,29H,17-18H2,1-3H3,(H,28,30). The SMILES string of the molecule is CC(C)(C)NS(=O)(=O)c1ccc(NC(=O)C(Cc2ccccc2)OCc2ccc(F)cc2)cc1. The summed E-state index contributed by atoms with van der Waals surface area (Å²) in [6, 6.07) is 21.3. The van der Waals surface area contributed by atoms with E-state index in [0.29, 0.717) is 12.1 Å². The first-order valence-corrected chi connectivity index (χ1v) is 12.3. The van der Waals surface area contributed by atoms with Gasteiger partial charge in [0, 0.05) is 17.6 Å². The van der Waals surface area contributed by atoms with Crippen LogP contribution in [-0.2, 0) is 32.6 Å². The van der Waals surface area contributed by atoms with E-state index >= 15 is 0 Å². The van der Waals surface area contributed by atoms with Crippen molar-refractivity contribution in [2.75, 3.05) is 5.32 Å². The summed E-state index contributed by atoms with van der Waals surface area (Å²) in [5.41, 5.74) is 1.51. The van der Waals surface area contributed by atoms with Crippen molar-refractivity contribution in [2.45, 2.75) is 50.3 Å². The number of sulfonamides is 1. The minimum Gasteiger partial charge on any atom is -0.363 e. The third-order valence-corrected chi connectivity index (χ3v) is 6.57. The Balaban J connectivity index is 1.71. The van der Waals surface area contributed by atoms with Gasteiger partial charge in [-0.2, -0.15) is 0 Å². The van der Waals surface area contributed by atoms with Crippen LogP contribution in [0.3, 0.4) is 0 Å². The maximum absolute atomic E-state index is 13.2. The molecule has 0 aromatic heterocycles. The fourth-order valence-electron chi connectivity index (χ4n) is 3.24. The van der Waals surface area contributed by atoms with Crippen LogP contribution in [0.25, 0.3) is 0 Å². The number of benzene rings is 3. The largest absolute Gasteiger partial charge is 0.363 e. The van der Waals surface area contributed by atoms with Gasteiger partial charge < -0.3 is 10.1 Å². The molecular weight excluding hydrogens is 455 g/mol. The van der Waals surface area contributed by atoms with Crippen molar-refractivity contribution in [3.05, 3.63) is 95.8 Å². The summed E-state index contributed by atoms with van der Waals surface area (Å²) >= 11 is 0. The van der Waals surface area contributed by atoms with Crippen molar-refractivity contribution >= 4 is 21.6 Å². The topological polar surface area (TPSA) is 84.5 Å². The molecule has 3 aromatic rings. The van der Waals surface area contributed by atoms with Crippen molar-refractivity contribution in [3.63, 3.8) is 0 Å². The molecule has 6 nitrogen and oxygen atoms in total. The average Bonchev–Trinajstić information content (AvgIpc) is 2.77. The van der Waals surface area contributed by atoms with Gasteiger partial charge in [0.25, 0.3) is 5.91 Å². The minimum absolute atomic E-state index is 0.105. The van der Waals surface area contributed by atoms with Crippen LogP contribution in [-0.4, -0.2) is 26.0 Å². The van der Waals surface area contributed by atoms with E-state index in [1.807, 2.05) is 30.3 Å². The smallest absolute Gasteiger partial charge is 0.253 e. The van der Waals surface area contributed by atoms with Crippen LogP contribution in [0.5, 0.6) is 0 Å². The maximum Gasteiger partial charge on any atom is 0.253 e. The Bertz CT molecular complexity index is 1190. The highest BCUT2D eigenvalue weighted by atomic mass is 32.2. The Hall–Kier alpha value is -3.07. The second-order valence-corrected chi connectivity index (χ2v) is 10.7. The zero-order chi connectivity index (χ0) is 24.8. The van der Waals surface area contributed by atoms with Crippen LogP contribution < -0.4 is 10.0 Å². The molecule has 0 aliphatic heterocycles. The van der Waals surface area contributed by atoms with E-state index in [1.165, 1.54) is 36.4 Å². The number of hydrogen-bond donors (Lipinski definition) is 2. The van der Waals surface area contributed by atoms with Crippen molar-refractivity contribution in [1.82, 2.24) is 4.72 Å². The Labute approximate surface area is 200 Å². The van der Waals surface area contributed by atoms with Crippen molar-refractivity contribution < 1.29 is 22.3 Å². The van der Waals surface area contributed by atoms with Gasteiger partial charge in [-0.3, -0.25) is 4.79 Å². The predicted octanol–water partition coefficient (Wildman–Crippen LogP) is 4.67. The molecule has 0 aliphatic carbocycles. The summed E-state index contributed by atoms with van der Waals surface area (Å²) in [6.07, 6.45) is -0.464. The summed E-state index contributed by atoms with van der Waals surface area (Å²) in [4.78, 5) is 13.1. The molecule has 0 saturated heterocycles. The summed E-state index contributed by atoms with van der Waals surface area (Å²) in [6.45, 7) is 5.43. The average molecular weight is 485 g/mol. The Morgan fingerprint density at radius 3 is 2.12 bits per heavy atom. The zero-order valence-electron chi connectivity index (χ0n) is 19.4. The number of nitrogens with one attached hydrogen (secondary N) is 2. The zero-order valence-corrected chi connectivity index (χ0v) is 20.2. The molecule has 180 valence electrons. The van der Waals surface area contributed by atoms with Gasteiger partial charge in [-0.25, -0.2) is 17.5 Å². The van der Waals surface area contributed by atoms with Gasteiger partial charge in [0.05, 0.1) is 11.5 Å². The second-order valence-electron chi connectivity index (χ2n) is 8.98. The van der Waals surface area contributed by atoms with Crippen LogP contribution in [0.4, 0.5) is 10.1 Å². The first kappa shape index (κ1) is 25.6. The Kier molecular flexibility index (Phi) is 8.19. The number of anilines is 1. The fourth-order valence-corrected chi connectivity index (χ4v) is 4.65. The molecule has 0 radical (unpaired) electrons. The van der Waals surface area contributed by atoms with Gasteiger partial charge in [0.15, 0.2) is 0 Å². The van der Waals surface area contributed by atoms with Crippen molar-refractivity contribution in [3.8, 4) is 0 Å². The number of ether oxygens (including phenoxy) is 1. The van der Waals surface area contributed by atoms with E-state index in [2.05, 4.69) is 10.0 Å². The normalized spacial score (nSPS) is 12.8.